The highest BCUT2D eigenvalue weighted by Gasteiger charge is 2.30. The van der Waals surface area contributed by atoms with Gasteiger partial charge in [0.1, 0.15) is 6.04 Å². The van der Waals surface area contributed by atoms with Gasteiger partial charge in [-0.15, -0.1) is 0 Å². The summed E-state index contributed by atoms with van der Waals surface area (Å²) in [7, 11) is 0. The van der Waals surface area contributed by atoms with E-state index in [1.54, 1.807) is 4.90 Å². The molecule has 1 unspecified atom stereocenters. The first-order chi connectivity index (χ1) is 9.52. The Bertz CT molecular complexity index is 534. The molecule has 1 N–H and O–H groups in total. The van der Waals surface area contributed by atoms with Gasteiger partial charge in [0.2, 0.25) is 11.8 Å². The molecule has 1 aliphatic heterocycles. The van der Waals surface area contributed by atoms with Crippen molar-refractivity contribution < 1.29 is 9.59 Å². The van der Waals surface area contributed by atoms with Crippen LogP contribution in [0.4, 0.5) is 5.69 Å². The summed E-state index contributed by atoms with van der Waals surface area (Å²) in [5.74, 6) is -0.103. The van der Waals surface area contributed by atoms with Crippen molar-refractivity contribution in [1.82, 2.24) is 5.32 Å². The Labute approximate surface area is 135 Å². The Morgan fingerprint density at radius 3 is 2.75 bits per heavy atom. The predicted molar refractivity (Wildman–Crippen MR) is 85.7 cm³/mol. The second-order valence-corrected chi connectivity index (χ2v) is 6.51. The van der Waals surface area contributed by atoms with Crippen molar-refractivity contribution in [2.24, 2.45) is 0 Å². The summed E-state index contributed by atoms with van der Waals surface area (Å²) in [6.07, 6.45) is 1.84. The van der Waals surface area contributed by atoms with Crippen LogP contribution in [0.2, 0.25) is 0 Å². The van der Waals surface area contributed by atoms with Crippen molar-refractivity contribution in [2.75, 3.05) is 11.4 Å². The molecule has 20 heavy (non-hydrogen) atoms. The van der Waals surface area contributed by atoms with Crippen LogP contribution in [0, 0.1) is 0 Å². The zero-order valence-corrected chi connectivity index (χ0v) is 14.3. The average Bonchev–Trinajstić information content (AvgIpc) is 2.52. The number of hydrogen-bond donors (Lipinski definition) is 1. The standard InChI is InChI=1S/C14H16Br2N2O2/c1-2-3-11-14(20)18(7-6-13(19)17-11)12-5-4-9(15)8-10(12)16/h4-5,8,11H,2-3,6-7H2,1H3,(H,17,19). The summed E-state index contributed by atoms with van der Waals surface area (Å²) >= 11 is 6.88. The molecule has 2 amide bonds. The predicted octanol–water partition coefficient (Wildman–Crippen LogP) is 3.23. The highest BCUT2D eigenvalue weighted by atomic mass is 79.9. The molecule has 0 radical (unpaired) electrons. The lowest BCUT2D eigenvalue weighted by atomic mass is 10.1. The molecule has 1 aromatic rings. The van der Waals surface area contributed by atoms with Crippen LogP contribution in [0.15, 0.2) is 27.1 Å². The molecular formula is C14H16Br2N2O2. The third kappa shape index (κ3) is 3.41. The minimum Gasteiger partial charge on any atom is -0.344 e. The number of halogens is 2. The molecule has 1 aliphatic rings. The third-order valence-corrected chi connectivity index (χ3v) is 4.37. The zero-order valence-electron chi connectivity index (χ0n) is 11.2. The van der Waals surface area contributed by atoms with E-state index in [4.69, 9.17) is 0 Å². The van der Waals surface area contributed by atoms with Crippen LogP contribution in [0.1, 0.15) is 26.2 Å². The van der Waals surface area contributed by atoms with Gasteiger partial charge in [-0.05, 0) is 40.5 Å². The topological polar surface area (TPSA) is 49.4 Å². The molecule has 0 spiro atoms. The fourth-order valence-electron chi connectivity index (χ4n) is 2.26. The van der Waals surface area contributed by atoms with Crippen LogP contribution in [-0.2, 0) is 9.59 Å². The lowest BCUT2D eigenvalue weighted by molar-refractivity contribution is -0.125. The number of hydrogen-bond acceptors (Lipinski definition) is 2. The summed E-state index contributed by atoms with van der Waals surface area (Å²) in [5, 5.41) is 2.81. The van der Waals surface area contributed by atoms with Crippen LogP contribution in [-0.4, -0.2) is 24.4 Å². The summed E-state index contributed by atoms with van der Waals surface area (Å²) < 4.78 is 1.78. The van der Waals surface area contributed by atoms with Crippen LogP contribution < -0.4 is 10.2 Å². The number of nitrogens with zero attached hydrogens (tertiary/aromatic N) is 1. The minimum atomic E-state index is -0.425. The summed E-state index contributed by atoms with van der Waals surface area (Å²) in [6.45, 7) is 2.41. The van der Waals surface area contributed by atoms with Crippen molar-refractivity contribution in [1.29, 1.82) is 0 Å². The molecule has 2 rings (SSSR count). The second kappa shape index (κ2) is 6.72. The zero-order chi connectivity index (χ0) is 14.7. The smallest absolute Gasteiger partial charge is 0.249 e. The van der Waals surface area contributed by atoms with Crippen LogP contribution in [0.25, 0.3) is 0 Å². The van der Waals surface area contributed by atoms with Crippen molar-refractivity contribution in [2.45, 2.75) is 32.2 Å². The van der Waals surface area contributed by atoms with Crippen LogP contribution in [0.3, 0.4) is 0 Å². The minimum absolute atomic E-state index is 0.0410. The Hall–Kier alpha value is -0.880. The molecule has 1 heterocycles. The molecular weight excluding hydrogens is 388 g/mol. The maximum absolute atomic E-state index is 12.6. The molecule has 0 aliphatic carbocycles. The highest BCUT2D eigenvalue weighted by Crippen LogP contribution is 2.30. The van der Waals surface area contributed by atoms with Crippen molar-refractivity contribution >= 4 is 49.4 Å². The molecule has 0 bridgehead atoms. The number of nitrogens with one attached hydrogen (secondary N) is 1. The molecule has 6 heteroatoms. The Balaban J connectivity index is 2.33. The molecule has 1 atom stereocenters. The second-order valence-electron chi connectivity index (χ2n) is 4.74. The molecule has 0 saturated carbocycles. The number of carbonyl (C=O) groups is 2. The van der Waals surface area contributed by atoms with E-state index in [1.807, 2.05) is 25.1 Å². The summed E-state index contributed by atoms with van der Waals surface area (Å²) in [5.41, 5.74) is 0.802. The molecule has 1 aromatic carbocycles. The SMILES string of the molecule is CCCC1NC(=O)CCN(c2ccc(Br)cc2Br)C1=O. The molecule has 108 valence electrons. The average molecular weight is 404 g/mol. The van der Waals surface area contributed by atoms with Gasteiger partial charge in [0.25, 0.3) is 0 Å². The first-order valence-corrected chi connectivity index (χ1v) is 8.17. The third-order valence-electron chi connectivity index (χ3n) is 3.24. The lowest BCUT2D eigenvalue weighted by Gasteiger charge is -2.25. The number of carbonyl (C=O) groups excluding carboxylic acids is 2. The number of anilines is 1. The lowest BCUT2D eigenvalue weighted by Crippen LogP contribution is -2.44. The Morgan fingerprint density at radius 1 is 1.35 bits per heavy atom. The Kier molecular flexibility index (Phi) is 5.21. The van der Waals surface area contributed by atoms with Crippen molar-refractivity contribution in [3.8, 4) is 0 Å². The van der Waals surface area contributed by atoms with Gasteiger partial charge in [-0.25, -0.2) is 0 Å². The quantitative estimate of drug-likeness (QED) is 0.842. The first-order valence-electron chi connectivity index (χ1n) is 6.58. The van der Waals surface area contributed by atoms with E-state index in [0.29, 0.717) is 19.4 Å². The van der Waals surface area contributed by atoms with E-state index in [9.17, 15) is 9.59 Å². The van der Waals surface area contributed by atoms with Crippen molar-refractivity contribution in [3.63, 3.8) is 0 Å². The van der Waals surface area contributed by atoms with Gasteiger partial charge in [-0.3, -0.25) is 9.59 Å². The molecule has 1 saturated heterocycles. The Morgan fingerprint density at radius 2 is 2.10 bits per heavy atom. The summed E-state index contributed by atoms with van der Waals surface area (Å²) in [4.78, 5) is 26.0. The fourth-order valence-corrected chi connectivity index (χ4v) is 3.52. The molecule has 4 nitrogen and oxygen atoms in total. The number of amides is 2. The van der Waals surface area contributed by atoms with Gasteiger partial charge in [0.05, 0.1) is 5.69 Å². The van der Waals surface area contributed by atoms with Gasteiger partial charge >= 0.3 is 0 Å². The maximum atomic E-state index is 12.6. The van der Waals surface area contributed by atoms with Crippen LogP contribution in [0.5, 0.6) is 0 Å². The van der Waals surface area contributed by atoms with E-state index < -0.39 is 6.04 Å². The first kappa shape index (κ1) is 15.5. The van der Waals surface area contributed by atoms with Crippen LogP contribution >= 0.6 is 31.9 Å². The normalized spacial score (nSPS) is 19.8. The van der Waals surface area contributed by atoms with Crippen molar-refractivity contribution in [3.05, 3.63) is 27.1 Å². The number of benzene rings is 1. The van der Waals surface area contributed by atoms with E-state index in [-0.39, 0.29) is 11.8 Å². The van der Waals surface area contributed by atoms with Gasteiger partial charge in [-0.2, -0.15) is 0 Å². The summed E-state index contributed by atoms with van der Waals surface area (Å²) in [6, 6.07) is 5.25. The van der Waals surface area contributed by atoms with Gasteiger partial charge < -0.3 is 10.2 Å². The molecule has 1 fully saturated rings. The fraction of sp³-hybridized carbons (Fsp3) is 0.429. The van der Waals surface area contributed by atoms with E-state index >= 15 is 0 Å². The largest absolute Gasteiger partial charge is 0.344 e. The van der Waals surface area contributed by atoms with E-state index in [0.717, 1.165) is 21.1 Å². The van der Waals surface area contributed by atoms with E-state index in [2.05, 4.69) is 37.2 Å². The van der Waals surface area contributed by atoms with Gasteiger partial charge in [0.15, 0.2) is 0 Å². The van der Waals surface area contributed by atoms with E-state index in [1.165, 1.54) is 0 Å². The van der Waals surface area contributed by atoms with Gasteiger partial charge in [-0.1, -0.05) is 29.3 Å². The number of rotatable bonds is 3. The maximum Gasteiger partial charge on any atom is 0.249 e. The van der Waals surface area contributed by atoms with Gasteiger partial charge in [0, 0.05) is 21.9 Å². The monoisotopic (exact) mass is 402 g/mol. The molecule has 0 aromatic heterocycles. The highest BCUT2D eigenvalue weighted by molar-refractivity contribution is 9.11.